The molecule has 0 unspecified atom stereocenters. The first-order chi connectivity index (χ1) is 9.20. The van der Waals surface area contributed by atoms with E-state index < -0.39 is 0 Å². The van der Waals surface area contributed by atoms with Gasteiger partial charge >= 0.3 is 0 Å². The highest BCUT2D eigenvalue weighted by molar-refractivity contribution is 5.78. The molecule has 0 spiro atoms. The number of nitrogens with two attached hydrogens (primary N) is 1. The van der Waals surface area contributed by atoms with Crippen LogP contribution in [0, 0.1) is 0 Å². The van der Waals surface area contributed by atoms with E-state index >= 15 is 0 Å². The molecule has 1 aliphatic heterocycles. The molecule has 1 saturated heterocycles. The maximum Gasteiger partial charge on any atom is 0.236 e. The van der Waals surface area contributed by atoms with E-state index in [-0.39, 0.29) is 0 Å². The Hall–Kier alpha value is -0.650. The number of piperazine rings is 1. The predicted octanol–water partition coefficient (Wildman–Crippen LogP) is -0.0363. The van der Waals surface area contributed by atoms with E-state index in [1.165, 1.54) is 19.3 Å². The molecule has 0 atom stereocenters. The van der Waals surface area contributed by atoms with Crippen LogP contribution in [0.15, 0.2) is 0 Å². The molecule has 5 nitrogen and oxygen atoms in total. The zero-order valence-corrected chi connectivity index (χ0v) is 12.2. The largest absolute Gasteiger partial charge is 0.339 e. The van der Waals surface area contributed by atoms with Gasteiger partial charge in [-0.2, -0.15) is 0 Å². The van der Waals surface area contributed by atoms with Crippen LogP contribution in [0.2, 0.25) is 0 Å². The third kappa shape index (κ3) is 4.16. The lowest BCUT2D eigenvalue weighted by Crippen LogP contribution is -2.52. The van der Waals surface area contributed by atoms with Gasteiger partial charge in [0.1, 0.15) is 0 Å². The van der Waals surface area contributed by atoms with Gasteiger partial charge in [0.05, 0.1) is 6.54 Å². The van der Waals surface area contributed by atoms with Crippen molar-refractivity contribution in [3.05, 3.63) is 0 Å². The van der Waals surface area contributed by atoms with Gasteiger partial charge in [-0.1, -0.05) is 6.42 Å². The highest BCUT2D eigenvalue weighted by Gasteiger charge is 2.28. The van der Waals surface area contributed by atoms with E-state index in [9.17, 15) is 4.79 Å². The maximum absolute atomic E-state index is 12.4. The van der Waals surface area contributed by atoms with Crippen LogP contribution in [-0.2, 0) is 4.79 Å². The fraction of sp³-hybridized carbons (Fsp3) is 0.929. The Kier molecular flexibility index (Phi) is 5.60. The minimum Gasteiger partial charge on any atom is -0.339 e. The van der Waals surface area contributed by atoms with Gasteiger partial charge < -0.3 is 15.5 Å². The fourth-order valence-electron chi connectivity index (χ4n) is 2.77. The molecule has 0 aromatic heterocycles. The van der Waals surface area contributed by atoms with E-state index in [2.05, 4.69) is 16.8 Å². The molecule has 2 fully saturated rings. The van der Waals surface area contributed by atoms with E-state index in [0.29, 0.717) is 25.0 Å². The Morgan fingerprint density at radius 3 is 2.47 bits per heavy atom. The van der Waals surface area contributed by atoms with Gasteiger partial charge in [-0.3, -0.25) is 9.69 Å². The van der Waals surface area contributed by atoms with E-state index in [4.69, 9.17) is 5.73 Å². The second-order valence-corrected chi connectivity index (χ2v) is 5.88. The van der Waals surface area contributed by atoms with Crippen molar-refractivity contribution in [3.63, 3.8) is 0 Å². The quantitative estimate of drug-likeness (QED) is 0.735. The minimum absolute atomic E-state index is 0.303. The molecule has 1 saturated carbocycles. The summed E-state index contributed by atoms with van der Waals surface area (Å²) >= 11 is 0. The van der Waals surface area contributed by atoms with Gasteiger partial charge in [0, 0.05) is 38.8 Å². The predicted molar refractivity (Wildman–Crippen MR) is 77.0 cm³/mol. The van der Waals surface area contributed by atoms with Crippen LogP contribution < -0.4 is 5.73 Å². The summed E-state index contributed by atoms with van der Waals surface area (Å²) < 4.78 is 0. The Bertz CT molecular complexity index is 285. The lowest BCUT2D eigenvalue weighted by molar-refractivity contribution is -0.135. The van der Waals surface area contributed by atoms with Crippen LogP contribution >= 0.6 is 0 Å². The summed E-state index contributed by atoms with van der Waals surface area (Å²) in [7, 11) is 2.11. The van der Waals surface area contributed by atoms with Crippen molar-refractivity contribution < 1.29 is 4.79 Å². The number of likely N-dealkylation sites (N-methyl/N-ethyl adjacent to an activating group) is 1. The van der Waals surface area contributed by atoms with Crippen molar-refractivity contribution in [2.45, 2.75) is 31.7 Å². The van der Waals surface area contributed by atoms with E-state index in [0.717, 1.165) is 39.1 Å². The standard InChI is InChI=1S/C14H28N4O/c1-16-8-10-17(11-9-16)14(19)12-18(7-3-6-15)13-4-2-5-13/h13H,2-12,15H2,1H3. The van der Waals surface area contributed by atoms with Crippen molar-refractivity contribution in [3.8, 4) is 0 Å². The summed E-state index contributed by atoms with van der Waals surface area (Å²) in [5.74, 6) is 0.303. The molecule has 0 bridgehead atoms. The van der Waals surface area contributed by atoms with Crippen LogP contribution in [0.25, 0.3) is 0 Å². The summed E-state index contributed by atoms with van der Waals surface area (Å²) in [4.78, 5) is 19.0. The zero-order chi connectivity index (χ0) is 13.7. The fourth-order valence-corrected chi connectivity index (χ4v) is 2.77. The molecule has 2 N–H and O–H groups in total. The van der Waals surface area contributed by atoms with Crippen molar-refractivity contribution >= 4 is 5.91 Å². The summed E-state index contributed by atoms with van der Waals surface area (Å²) in [6, 6.07) is 0.628. The molecule has 5 heteroatoms. The van der Waals surface area contributed by atoms with Crippen LogP contribution in [0.3, 0.4) is 0 Å². The third-order valence-electron chi connectivity index (χ3n) is 4.43. The van der Waals surface area contributed by atoms with Gasteiger partial charge in [-0.15, -0.1) is 0 Å². The maximum atomic E-state index is 12.4. The first-order valence-electron chi connectivity index (χ1n) is 7.61. The lowest BCUT2D eigenvalue weighted by Gasteiger charge is -2.39. The summed E-state index contributed by atoms with van der Waals surface area (Å²) in [6.07, 6.45) is 4.81. The number of carbonyl (C=O) groups is 1. The number of carbonyl (C=O) groups excluding carboxylic acids is 1. The topological polar surface area (TPSA) is 52.8 Å². The third-order valence-corrected chi connectivity index (χ3v) is 4.43. The van der Waals surface area contributed by atoms with Crippen molar-refractivity contribution in [1.29, 1.82) is 0 Å². The molecule has 0 aromatic rings. The zero-order valence-electron chi connectivity index (χ0n) is 12.2. The molecular weight excluding hydrogens is 240 g/mol. The monoisotopic (exact) mass is 268 g/mol. The number of hydrogen-bond donors (Lipinski definition) is 1. The van der Waals surface area contributed by atoms with E-state index in [1.54, 1.807) is 0 Å². The average molecular weight is 268 g/mol. The van der Waals surface area contributed by atoms with Crippen LogP contribution in [-0.4, -0.2) is 79.5 Å². The highest BCUT2D eigenvalue weighted by Crippen LogP contribution is 2.24. The second-order valence-electron chi connectivity index (χ2n) is 5.88. The van der Waals surface area contributed by atoms with Crippen LogP contribution in [0.1, 0.15) is 25.7 Å². The average Bonchev–Trinajstić information content (AvgIpc) is 2.34. The smallest absolute Gasteiger partial charge is 0.236 e. The summed E-state index contributed by atoms with van der Waals surface area (Å²) in [5, 5.41) is 0. The van der Waals surface area contributed by atoms with Crippen molar-refractivity contribution in [2.75, 3.05) is 52.9 Å². The molecule has 1 aliphatic carbocycles. The molecule has 2 aliphatic rings. The molecule has 1 amide bonds. The van der Waals surface area contributed by atoms with Crippen molar-refractivity contribution in [2.24, 2.45) is 5.73 Å². The summed E-state index contributed by atoms with van der Waals surface area (Å²) in [6.45, 7) is 6.03. The summed E-state index contributed by atoms with van der Waals surface area (Å²) in [5.41, 5.74) is 5.60. The van der Waals surface area contributed by atoms with Gasteiger partial charge in [0.25, 0.3) is 0 Å². The first kappa shape index (κ1) is 14.8. The van der Waals surface area contributed by atoms with Crippen LogP contribution in [0.4, 0.5) is 0 Å². The lowest BCUT2D eigenvalue weighted by atomic mass is 9.91. The van der Waals surface area contributed by atoms with E-state index in [1.807, 2.05) is 4.90 Å². The Morgan fingerprint density at radius 2 is 1.95 bits per heavy atom. The first-order valence-corrected chi connectivity index (χ1v) is 7.61. The molecule has 1 heterocycles. The van der Waals surface area contributed by atoms with Crippen LogP contribution in [0.5, 0.6) is 0 Å². The normalized spacial score (nSPS) is 21.7. The van der Waals surface area contributed by atoms with Gasteiger partial charge in [-0.25, -0.2) is 0 Å². The van der Waals surface area contributed by atoms with Crippen molar-refractivity contribution in [1.82, 2.24) is 14.7 Å². The van der Waals surface area contributed by atoms with Gasteiger partial charge in [0.2, 0.25) is 5.91 Å². The molecule has 0 aromatic carbocycles. The Morgan fingerprint density at radius 1 is 1.26 bits per heavy atom. The minimum atomic E-state index is 0.303. The Labute approximate surface area is 116 Å². The SMILES string of the molecule is CN1CCN(C(=O)CN(CCCN)C2CCC2)CC1. The Balaban J connectivity index is 1.80. The molecule has 2 rings (SSSR count). The van der Waals surface area contributed by atoms with Gasteiger partial charge in [0.15, 0.2) is 0 Å². The number of rotatable bonds is 6. The molecular formula is C14H28N4O. The molecule has 0 radical (unpaired) electrons. The molecule has 110 valence electrons. The second kappa shape index (κ2) is 7.22. The highest BCUT2D eigenvalue weighted by atomic mass is 16.2. The van der Waals surface area contributed by atoms with Gasteiger partial charge in [-0.05, 0) is 32.9 Å². The number of nitrogens with zero attached hydrogens (tertiary/aromatic N) is 3. The number of amides is 1. The number of hydrogen-bond acceptors (Lipinski definition) is 4. The molecule has 19 heavy (non-hydrogen) atoms.